The molecule has 0 radical (unpaired) electrons. The molecule has 0 saturated carbocycles. The Morgan fingerprint density at radius 2 is 1.89 bits per heavy atom. The minimum absolute atomic E-state index is 0.159. The van der Waals surface area contributed by atoms with E-state index in [1.165, 1.54) is 5.56 Å². The highest BCUT2D eigenvalue weighted by Gasteiger charge is 2.25. The molecule has 0 saturated heterocycles. The van der Waals surface area contributed by atoms with Gasteiger partial charge in [0.1, 0.15) is 5.82 Å². The second-order valence-electron chi connectivity index (χ2n) is 6.04. The van der Waals surface area contributed by atoms with Gasteiger partial charge in [0.25, 0.3) is 0 Å². The number of hydrogen-bond donors (Lipinski definition) is 1. The quantitative estimate of drug-likeness (QED) is 0.910. The Balaban J connectivity index is 2.14. The Morgan fingerprint density at radius 1 is 1.21 bits per heavy atom. The van der Waals surface area contributed by atoms with Gasteiger partial charge in [-0.25, -0.2) is 4.98 Å². The third-order valence-corrected chi connectivity index (χ3v) is 3.38. The first-order valence-corrected chi connectivity index (χ1v) is 6.73. The van der Waals surface area contributed by atoms with Crippen molar-refractivity contribution in [2.45, 2.75) is 33.4 Å². The molecule has 2 rings (SSSR count). The van der Waals surface area contributed by atoms with E-state index in [9.17, 15) is 0 Å². The predicted molar refractivity (Wildman–Crippen MR) is 78.7 cm³/mol. The van der Waals surface area contributed by atoms with Crippen molar-refractivity contribution < 1.29 is 0 Å². The first-order valence-electron chi connectivity index (χ1n) is 6.73. The average molecular weight is 257 g/mol. The van der Waals surface area contributed by atoms with Crippen LogP contribution in [0.4, 0.5) is 0 Å². The predicted octanol–water partition coefficient (Wildman–Crippen LogP) is 3.30. The van der Waals surface area contributed by atoms with Crippen LogP contribution < -0.4 is 5.32 Å². The van der Waals surface area contributed by atoms with Crippen LogP contribution in [-0.2, 0) is 13.6 Å². The molecule has 1 heterocycles. The van der Waals surface area contributed by atoms with Crippen LogP contribution in [0.15, 0.2) is 42.7 Å². The van der Waals surface area contributed by atoms with Gasteiger partial charge in [-0.3, -0.25) is 0 Å². The van der Waals surface area contributed by atoms with Crippen molar-refractivity contribution in [2.24, 2.45) is 12.5 Å². The molecular formula is C16H23N3. The van der Waals surface area contributed by atoms with Gasteiger partial charge in [0.15, 0.2) is 0 Å². The lowest BCUT2D eigenvalue weighted by Crippen LogP contribution is -2.32. The van der Waals surface area contributed by atoms with Crippen LogP contribution in [0.3, 0.4) is 0 Å². The molecule has 1 atom stereocenters. The summed E-state index contributed by atoms with van der Waals surface area (Å²) in [6, 6.07) is 10.9. The number of imidazole rings is 1. The Morgan fingerprint density at radius 3 is 2.42 bits per heavy atom. The Bertz CT molecular complexity index is 508. The minimum atomic E-state index is 0.159. The van der Waals surface area contributed by atoms with Crippen molar-refractivity contribution in [3.05, 3.63) is 54.1 Å². The monoisotopic (exact) mass is 257 g/mol. The third kappa shape index (κ3) is 3.44. The van der Waals surface area contributed by atoms with Crippen LogP contribution in [0.25, 0.3) is 0 Å². The first kappa shape index (κ1) is 13.8. The van der Waals surface area contributed by atoms with Crippen molar-refractivity contribution in [1.29, 1.82) is 0 Å². The van der Waals surface area contributed by atoms with Crippen molar-refractivity contribution in [1.82, 2.24) is 14.9 Å². The number of hydrogen-bond acceptors (Lipinski definition) is 2. The van der Waals surface area contributed by atoms with Crippen molar-refractivity contribution in [3.8, 4) is 0 Å². The van der Waals surface area contributed by atoms with Crippen LogP contribution in [0.5, 0.6) is 0 Å². The Kier molecular flexibility index (Phi) is 4.05. The highest BCUT2D eigenvalue weighted by atomic mass is 15.1. The highest BCUT2D eigenvalue weighted by Crippen LogP contribution is 2.32. The van der Waals surface area contributed by atoms with E-state index < -0.39 is 0 Å². The molecule has 102 valence electrons. The average Bonchev–Trinajstić information content (AvgIpc) is 2.75. The summed E-state index contributed by atoms with van der Waals surface area (Å²) in [5.74, 6) is 1.06. The van der Waals surface area contributed by atoms with Crippen molar-refractivity contribution >= 4 is 0 Å². The molecule has 0 amide bonds. The van der Waals surface area contributed by atoms with Crippen LogP contribution in [-0.4, -0.2) is 9.55 Å². The summed E-state index contributed by atoms with van der Waals surface area (Å²) in [5, 5.41) is 3.64. The fraction of sp³-hybridized carbons (Fsp3) is 0.438. The summed E-state index contributed by atoms with van der Waals surface area (Å²) in [4.78, 5) is 4.36. The summed E-state index contributed by atoms with van der Waals surface area (Å²) in [6.07, 6.45) is 3.82. The summed E-state index contributed by atoms with van der Waals surface area (Å²) in [7, 11) is 2.03. The third-order valence-electron chi connectivity index (χ3n) is 3.38. The van der Waals surface area contributed by atoms with Gasteiger partial charge < -0.3 is 9.88 Å². The molecule has 3 nitrogen and oxygen atoms in total. The smallest absolute Gasteiger partial charge is 0.122 e. The lowest BCUT2D eigenvalue weighted by molar-refractivity contribution is 0.268. The van der Waals surface area contributed by atoms with E-state index in [4.69, 9.17) is 0 Å². The maximum absolute atomic E-state index is 4.36. The van der Waals surface area contributed by atoms with Gasteiger partial charge in [0.05, 0.1) is 6.54 Å². The number of rotatable bonds is 4. The second kappa shape index (κ2) is 5.57. The molecular weight excluding hydrogens is 234 g/mol. The molecule has 19 heavy (non-hydrogen) atoms. The zero-order valence-corrected chi connectivity index (χ0v) is 12.2. The van der Waals surface area contributed by atoms with E-state index in [0.29, 0.717) is 6.04 Å². The van der Waals surface area contributed by atoms with E-state index in [2.05, 4.69) is 66.0 Å². The fourth-order valence-corrected chi connectivity index (χ4v) is 2.33. The second-order valence-corrected chi connectivity index (χ2v) is 6.04. The lowest BCUT2D eigenvalue weighted by Gasteiger charge is -2.32. The number of aryl methyl sites for hydroxylation is 1. The number of benzene rings is 1. The molecule has 0 aliphatic heterocycles. The summed E-state index contributed by atoms with van der Waals surface area (Å²) >= 11 is 0. The van der Waals surface area contributed by atoms with E-state index in [-0.39, 0.29) is 5.41 Å². The van der Waals surface area contributed by atoms with Gasteiger partial charge in [-0.15, -0.1) is 0 Å². The minimum Gasteiger partial charge on any atom is -0.337 e. The highest BCUT2D eigenvalue weighted by molar-refractivity contribution is 5.20. The van der Waals surface area contributed by atoms with Crippen LogP contribution in [0, 0.1) is 5.41 Å². The van der Waals surface area contributed by atoms with E-state index in [1.807, 2.05) is 19.4 Å². The molecule has 1 unspecified atom stereocenters. The van der Waals surface area contributed by atoms with Crippen LogP contribution in [0.1, 0.15) is 38.2 Å². The van der Waals surface area contributed by atoms with Gasteiger partial charge in [-0.1, -0.05) is 51.1 Å². The SMILES string of the molecule is Cn1ccnc1CNC(c1ccccc1)C(C)(C)C. The van der Waals surface area contributed by atoms with Gasteiger partial charge in [-0.2, -0.15) is 0 Å². The normalized spacial score (nSPS) is 13.5. The molecule has 3 heteroatoms. The van der Waals surface area contributed by atoms with Crippen LogP contribution in [0.2, 0.25) is 0 Å². The summed E-state index contributed by atoms with van der Waals surface area (Å²) in [5.41, 5.74) is 1.48. The van der Waals surface area contributed by atoms with Gasteiger partial charge in [-0.05, 0) is 11.0 Å². The van der Waals surface area contributed by atoms with Gasteiger partial charge in [0.2, 0.25) is 0 Å². The Hall–Kier alpha value is -1.61. The standard InChI is InChI=1S/C16H23N3/c1-16(2,3)15(13-8-6-5-7-9-13)18-12-14-17-10-11-19(14)4/h5-11,15,18H,12H2,1-4H3. The molecule has 2 aromatic rings. The lowest BCUT2D eigenvalue weighted by atomic mass is 9.82. The molecule has 0 bridgehead atoms. The summed E-state index contributed by atoms with van der Waals surface area (Å²) in [6.45, 7) is 7.56. The summed E-state index contributed by atoms with van der Waals surface area (Å²) < 4.78 is 2.05. The number of nitrogens with zero attached hydrogens (tertiary/aromatic N) is 2. The fourth-order valence-electron chi connectivity index (χ4n) is 2.33. The zero-order valence-electron chi connectivity index (χ0n) is 12.2. The molecule has 0 spiro atoms. The molecule has 0 aliphatic carbocycles. The molecule has 1 aromatic heterocycles. The van der Waals surface area contributed by atoms with E-state index >= 15 is 0 Å². The zero-order chi connectivity index (χ0) is 13.9. The Labute approximate surface area is 115 Å². The van der Waals surface area contributed by atoms with E-state index in [0.717, 1.165) is 12.4 Å². The topological polar surface area (TPSA) is 29.9 Å². The van der Waals surface area contributed by atoms with Crippen LogP contribution >= 0.6 is 0 Å². The van der Waals surface area contributed by atoms with Crippen molar-refractivity contribution in [2.75, 3.05) is 0 Å². The molecule has 0 fully saturated rings. The van der Waals surface area contributed by atoms with E-state index in [1.54, 1.807) is 0 Å². The molecule has 1 aromatic carbocycles. The largest absolute Gasteiger partial charge is 0.337 e. The maximum atomic E-state index is 4.36. The number of aromatic nitrogens is 2. The molecule has 1 N–H and O–H groups in total. The van der Waals surface area contributed by atoms with Crippen molar-refractivity contribution in [3.63, 3.8) is 0 Å². The van der Waals surface area contributed by atoms with Gasteiger partial charge >= 0.3 is 0 Å². The first-order chi connectivity index (χ1) is 8.98. The maximum Gasteiger partial charge on any atom is 0.122 e. The molecule has 0 aliphatic rings. The van der Waals surface area contributed by atoms with Gasteiger partial charge in [0, 0.05) is 25.5 Å². The number of nitrogens with one attached hydrogen (secondary N) is 1.